The third-order valence-corrected chi connectivity index (χ3v) is 3.13. The first-order valence-corrected chi connectivity index (χ1v) is 6.19. The number of halogens is 2. The van der Waals surface area contributed by atoms with Crippen molar-refractivity contribution in [3.63, 3.8) is 0 Å². The van der Waals surface area contributed by atoms with E-state index in [9.17, 15) is 8.78 Å². The molecule has 1 atom stereocenters. The van der Waals surface area contributed by atoms with Gasteiger partial charge in [0.05, 0.1) is 5.69 Å². The van der Waals surface area contributed by atoms with Crippen molar-refractivity contribution in [2.24, 2.45) is 7.05 Å². The standard InChI is InChI=1S/C14H17F2N3/c1-17-12(9-11-6-7-19(2)18-11)8-10-4-3-5-13(15)14(10)16/h3-7,12,17H,8-9H2,1-2H3. The predicted molar refractivity (Wildman–Crippen MR) is 69.8 cm³/mol. The van der Waals surface area contributed by atoms with Crippen LogP contribution in [0.15, 0.2) is 30.5 Å². The molecule has 5 heteroatoms. The van der Waals surface area contributed by atoms with E-state index in [0.29, 0.717) is 18.4 Å². The fraction of sp³-hybridized carbons (Fsp3) is 0.357. The van der Waals surface area contributed by atoms with Crippen LogP contribution in [-0.4, -0.2) is 22.9 Å². The van der Waals surface area contributed by atoms with Crippen LogP contribution in [0, 0.1) is 11.6 Å². The van der Waals surface area contributed by atoms with Crippen LogP contribution in [0.3, 0.4) is 0 Å². The second kappa shape index (κ2) is 5.93. The number of aryl methyl sites for hydroxylation is 1. The smallest absolute Gasteiger partial charge is 0.162 e. The molecule has 0 aliphatic heterocycles. The lowest BCUT2D eigenvalue weighted by atomic mass is 10.0. The highest BCUT2D eigenvalue weighted by Gasteiger charge is 2.14. The predicted octanol–water partition coefficient (Wildman–Crippen LogP) is 2.07. The van der Waals surface area contributed by atoms with Crippen molar-refractivity contribution in [1.82, 2.24) is 15.1 Å². The molecule has 1 aromatic heterocycles. The number of nitrogens with one attached hydrogen (secondary N) is 1. The van der Waals surface area contributed by atoms with Crippen LogP contribution in [0.5, 0.6) is 0 Å². The summed E-state index contributed by atoms with van der Waals surface area (Å²) in [7, 11) is 3.66. The van der Waals surface area contributed by atoms with Crippen molar-refractivity contribution in [3.05, 3.63) is 53.4 Å². The molecule has 0 aliphatic carbocycles. The summed E-state index contributed by atoms with van der Waals surface area (Å²) in [5.41, 5.74) is 1.31. The number of hydrogen-bond donors (Lipinski definition) is 1. The van der Waals surface area contributed by atoms with Gasteiger partial charge in [-0.1, -0.05) is 12.1 Å². The maximum Gasteiger partial charge on any atom is 0.162 e. The second-order valence-electron chi connectivity index (χ2n) is 4.59. The third-order valence-electron chi connectivity index (χ3n) is 3.13. The molecule has 1 aromatic carbocycles. The second-order valence-corrected chi connectivity index (χ2v) is 4.59. The minimum atomic E-state index is -0.801. The zero-order valence-corrected chi connectivity index (χ0v) is 11.0. The molecule has 0 bridgehead atoms. The van der Waals surface area contributed by atoms with Gasteiger partial charge in [-0.05, 0) is 31.2 Å². The molecular formula is C14H17F2N3. The Morgan fingerprint density at radius 3 is 2.68 bits per heavy atom. The first kappa shape index (κ1) is 13.7. The van der Waals surface area contributed by atoms with Crippen LogP contribution >= 0.6 is 0 Å². The van der Waals surface area contributed by atoms with E-state index in [-0.39, 0.29) is 6.04 Å². The van der Waals surface area contributed by atoms with Crippen molar-refractivity contribution < 1.29 is 8.78 Å². The summed E-state index contributed by atoms with van der Waals surface area (Å²) in [5.74, 6) is -1.56. The van der Waals surface area contributed by atoms with Crippen LogP contribution in [0.2, 0.25) is 0 Å². The molecule has 0 fully saturated rings. The Hall–Kier alpha value is -1.75. The summed E-state index contributed by atoms with van der Waals surface area (Å²) in [6, 6.07) is 6.21. The summed E-state index contributed by atoms with van der Waals surface area (Å²) in [6.45, 7) is 0. The summed E-state index contributed by atoms with van der Waals surface area (Å²) < 4.78 is 28.5. The molecule has 0 amide bonds. The van der Waals surface area contributed by atoms with Crippen molar-refractivity contribution in [1.29, 1.82) is 0 Å². The molecular weight excluding hydrogens is 248 g/mol. The molecule has 1 N–H and O–H groups in total. The number of likely N-dealkylation sites (N-methyl/N-ethyl adjacent to an activating group) is 1. The Bertz CT molecular complexity index is 551. The van der Waals surface area contributed by atoms with Gasteiger partial charge in [-0.2, -0.15) is 5.10 Å². The van der Waals surface area contributed by atoms with Crippen molar-refractivity contribution in [2.45, 2.75) is 18.9 Å². The Morgan fingerprint density at radius 1 is 1.26 bits per heavy atom. The van der Waals surface area contributed by atoms with E-state index in [4.69, 9.17) is 0 Å². The number of aromatic nitrogens is 2. The quantitative estimate of drug-likeness (QED) is 0.897. The lowest BCUT2D eigenvalue weighted by molar-refractivity contribution is 0.480. The van der Waals surface area contributed by atoms with Crippen molar-refractivity contribution in [2.75, 3.05) is 7.05 Å². The molecule has 102 valence electrons. The molecule has 0 radical (unpaired) electrons. The summed E-state index contributed by atoms with van der Waals surface area (Å²) in [4.78, 5) is 0. The first-order chi connectivity index (χ1) is 9.10. The van der Waals surface area contributed by atoms with Gasteiger partial charge >= 0.3 is 0 Å². The van der Waals surface area contributed by atoms with E-state index in [2.05, 4.69) is 10.4 Å². The number of benzene rings is 1. The maximum absolute atomic E-state index is 13.6. The minimum absolute atomic E-state index is 0.0196. The molecule has 0 saturated heterocycles. The van der Waals surface area contributed by atoms with Crippen molar-refractivity contribution >= 4 is 0 Å². The molecule has 0 aliphatic rings. The molecule has 1 unspecified atom stereocenters. The molecule has 19 heavy (non-hydrogen) atoms. The van der Waals surface area contributed by atoms with Gasteiger partial charge in [-0.25, -0.2) is 8.78 Å². The Balaban J connectivity index is 2.08. The van der Waals surface area contributed by atoms with Gasteiger partial charge in [0.2, 0.25) is 0 Å². The van der Waals surface area contributed by atoms with Crippen LogP contribution in [0.25, 0.3) is 0 Å². The van der Waals surface area contributed by atoms with Crippen LogP contribution < -0.4 is 5.32 Å². The van der Waals surface area contributed by atoms with Gasteiger partial charge in [-0.3, -0.25) is 4.68 Å². The van der Waals surface area contributed by atoms with Gasteiger partial charge in [-0.15, -0.1) is 0 Å². The van der Waals surface area contributed by atoms with Gasteiger partial charge in [0.15, 0.2) is 11.6 Å². The van der Waals surface area contributed by atoms with E-state index in [1.54, 1.807) is 10.7 Å². The zero-order chi connectivity index (χ0) is 13.8. The Kier molecular flexibility index (Phi) is 4.27. The van der Waals surface area contributed by atoms with Crippen molar-refractivity contribution in [3.8, 4) is 0 Å². The fourth-order valence-corrected chi connectivity index (χ4v) is 2.07. The van der Waals surface area contributed by atoms with E-state index >= 15 is 0 Å². The molecule has 2 aromatic rings. The number of hydrogen-bond acceptors (Lipinski definition) is 2. The molecule has 0 saturated carbocycles. The zero-order valence-electron chi connectivity index (χ0n) is 11.0. The highest BCUT2D eigenvalue weighted by Crippen LogP contribution is 2.14. The normalized spacial score (nSPS) is 12.6. The molecule has 2 rings (SSSR count). The average molecular weight is 265 g/mol. The molecule has 3 nitrogen and oxygen atoms in total. The maximum atomic E-state index is 13.6. The number of rotatable bonds is 5. The first-order valence-electron chi connectivity index (χ1n) is 6.19. The molecule has 1 heterocycles. The SMILES string of the molecule is CNC(Cc1ccn(C)n1)Cc1cccc(F)c1F. The number of nitrogens with zero attached hydrogens (tertiary/aromatic N) is 2. The van der Waals surface area contributed by atoms with Crippen LogP contribution in [0.4, 0.5) is 8.78 Å². The fourth-order valence-electron chi connectivity index (χ4n) is 2.07. The lowest BCUT2D eigenvalue weighted by Crippen LogP contribution is -2.30. The molecule has 0 spiro atoms. The van der Waals surface area contributed by atoms with E-state index in [0.717, 1.165) is 11.8 Å². The minimum Gasteiger partial charge on any atom is -0.316 e. The van der Waals surface area contributed by atoms with E-state index in [1.165, 1.54) is 6.07 Å². The van der Waals surface area contributed by atoms with Gasteiger partial charge < -0.3 is 5.32 Å². The van der Waals surface area contributed by atoms with E-state index < -0.39 is 11.6 Å². The third kappa shape index (κ3) is 3.38. The topological polar surface area (TPSA) is 29.9 Å². The van der Waals surface area contributed by atoms with Gasteiger partial charge in [0.1, 0.15) is 0 Å². The Labute approximate surface area is 111 Å². The highest BCUT2D eigenvalue weighted by atomic mass is 19.2. The highest BCUT2D eigenvalue weighted by molar-refractivity contribution is 5.20. The van der Waals surface area contributed by atoms with E-state index in [1.807, 2.05) is 26.4 Å². The largest absolute Gasteiger partial charge is 0.316 e. The van der Waals surface area contributed by atoms with Gasteiger partial charge in [0, 0.05) is 25.7 Å². The van der Waals surface area contributed by atoms with Crippen LogP contribution in [-0.2, 0) is 19.9 Å². The average Bonchev–Trinajstić information content (AvgIpc) is 2.79. The summed E-state index contributed by atoms with van der Waals surface area (Å²) >= 11 is 0. The summed E-state index contributed by atoms with van der Waals surface area (Å²) in [5, 5.41) is 7.41. The lowest BCUT2D eigenvalue weighted by Gasteiger charge is -2.15. The van der Waals surface area contributed by atoms with Gasteiger partial charge in [0.25, 0.3) is 0 Å². The Morgan fingerprint density at radius 2 is 2.05 bits per heavy atom. The van der Waals surface area contributed by atoms with Crippen LogP contribution in [0.1, 0.15) is 11.3 Å². The summed E-state index contributed by atoms with van der Waals surface area (Å²) in [6.07, 6.45) is 2.97. The monoisotopic (exact) mass is 265 g/mol.